The van der Waals surface area contributed by atoms with Gasteiger partial charge in [-0.25, -0.2) is 13.2 Å². The number of piperazine rings is 1. The summed E-state index contributed by atoms with van der Waals surface area (Å²) in [7, 11) is -3.65. The zero-order valence-corrected chi connectivity index (χ0v) is 20.4. The standard InChI is InChI=1S/C23H31N5O5S/c1-17-22(18(2)33-25-17)34(31,32)28-10-8-19(9-11-28)16-21(29)26-12-14-27(15-13-26)23(30)24-20-6-4-3-5-7-20/h3-7,19H,8-16H2,1-2H3,(H,24,30). The minimum Gasteiger partial charge on any atom is -0.360 e. The van der Waals surface area contributed by atoms with Crippen LogP contribution >= 0.6 is 0 Å². The number of anilines is 1. The van der Waals surface area contributed by atoms with Gasteiger partial charge < -0.3 is 19.6 Å². The lowest BCUT2D eigenvalue weighted by atomic mass is 9.94. The maximum absolute atomic E-state index is 13.0. The number of rotatable bonds is 5. The predicted molar refractivity (Wildman–Crippen MR) is 126 cm³/mol. The van der Waals surface area contributed by atoms with E-state index in [2.05, 4.69) is 10.5 Å². The van der Waals surface area contributed by atoms with Crippen molar-refractivity contribution in [2.75, 3.05) is 44.6 Å². The molecule has 0 radical (unpaired) electrons. The molecular formula is C23H31N5O5S. The molecule has 34 heavy (non-hydrogen) atoms. The molecule has 0 saturated carbocycles. The molecule has 1 aromatic heterocycles. The number of aryl methyl sites for hydroxylation is 2. The number of nitrogens with zero attached hydrogens (tertiary/aromatic N) is 4. The van der Waals surface area contributed by atoms with Crippen molar-refractivity contribution in [3.63, 3.8) is 0 Å². The molecule has 0 aliphatic carbocycles. The highest BCUT2D eigenvalue weighted by Gasteiger charge is 2.35. The lowest BCUT2D eigenvalue weighted by molar-refractivity contribution is -0.133. The Hall–Kier alpha value is -2.92. The lowest BCUT2D eigenvalue weighted by Crippen LogP contribution is -2.52. The van der Waals surface area contributed by atoms with E-state index in [-0.39, 0.29) is 22.8 Å². The van der Waals surface area contributed by atoms with Crippen molar-refractivity contribution in [1.82, 2.24) is 19.3 Å². The molecule has 0 bridgehead atoms. The molecular weight excluding hydrogens is 458 g/mol. The third-order valence-corrected chi connectivity index (χ3v) is 8.69. The van der Waals surface area contributed by atoms with E-state index in [0.717, 1.165) is 5.69 Å². The van der Waals surface area contributed by atoms with Gasteiger partial charge in [-0.15, -0.1) is 0 Å². The van der Waals surface area contributed by atoms with Gasteiger partial charge in [0.25, 0.3) is 0 Å². The molecule has 0 unspecified atom stereocenters. The Bertz CT molecular complexity index is 1100. The van der Waals surface area contributed by atoms with Crippen LogP contribution in [0, 0.1) is 19.8 Å². The number of carbonyl (C=O) groups excluding carboxylic acids is 2. The number of carbonyl (C=O) groups is 2. The molecule has 4 rings (SSSR count). The maximum Gasteiger partial charge on any atom is 0.321 e. The highest BCUT2D eigenvalue weighted by molar-refractivity contribution is 7.89. The normalized spacial score (nSPS) is 18.2. The van der Waals surface area contributed by atoms with E-state index in [1.54, 1.807) is 23.6 Å². The monoisotopic (exact) mass is 489 g/mol. The molecule has 2 fully saturated rings. The molecule has 184 valence electrons. The zero-order chi connectivity index (χ0) is 24.3. The second-order valence-corrected chi connectivity index (χ2v) is 10.7. The van der Waals surface area contributed by atoms with Crippen molar-refractivity contribution in [3.05, 3.63) is 41.8 Å². The number of urea groups is 1. The van der Waals surface area contributed by atoms with E-state index < -0.39 is 10.0 Å². The van der Waals surface area contributed by atoms with Crippen LogP contribution in [0.1, 0.15) is 30.7 Å². The minimum absolute atomic E-state index is 0.0650. The molecule has 2 aromatic rings. The number of piperidine rings is 1. The molecule has 2 aliphatic heterocycles. The third kappa shape index (κ3) is 5.25. The van der Waals surface area contributed by atoms with Crippen LogP contribution in [0.15, 0.2) is 39.8 Å². The van der Waals surface area contributed by atoms with Crippen molar-refractivity contribution in [2.24, 2.45) is 5.92 Å². The van der Waals surface area contributed by atoms with Crippen LogP contribution in [-0.4, -0.2) is 78.9 Å². The maximum atomic E-state index is 13.0. The number of hydrogen-bond donors (Lipinski definition) is 1. The number of aromatic nitrogens is 1. The van der Waals surface area contributed by atoms with Crippen molar-refractivity contribution in [1.29, 1.82) is 0 Å². The summed E-state index contributed by atoms with van der Waals surface area (Å²) in [5, 5.41) is 6.64. The van der Waals surface area contributed by atoms with Gasteiger partial charge in [-0.3, -0.25) is 4.79 Å². The van der Waals surface area contributed by atoms with E-state index in [0.29, 0.717) is 70.0 Å². The second kappa shape index (κ2) is 10.1. The quantitative estimate of drug-likeness (QED) is 0.690. The first-order valence-corrected chi connectivity index (χ1v) is 13.0. The fraction of sp³-hybridized carbons (Fsp3) is 0.522. The van der Waals surface area contributed by atoms with Gasteiger partial charge in [-0.2, -0.15) is 4.31 Å². The molecule has 11 heteroatoms. The highest BCUT2D eigenvalue weighted by atomic mass is 32.2. The molecule has 0 spiro atoms. The van der Waals surface area contributed by atoms with Crippen LogP contribution in [0.4, 0.5) is 10.5 Å². The summed E-state index contributed by atoms with van der Waals surface area (Å²) >= 11 is 0. The van der Waals surface area contributed by atoms with Crippen LogP contribution in [0.25, 0.3) is 0 Å². The minimum atomic E-state index is -3.65. The summed E-state index contributed by atoms with van der Waals surface area (Å²) in [6.45, 7) is 5.94. The van der Waals surface area contributed by atoms with E-state index in [1.807, 2.05) is 30.3 Å². The Balaban J connectivity index is 1.23. The number of nitrogens with one attached hydrogen (secondary N) is 1. The predicted octanol–water partition coefficient (Wildman–Crippen LogP) is 2.46. The third-order valence-electron chi connectivity index (χ3n) is 6.55. The van der Waals surface area contributed by atoms with E-state index in [1.165, 1.54) is 4.31 Å². The smallest absolute Gasteiger partial charge is 0.321 e. The van der Waals surface area contributed by atoms with E-state index in [9.17, 15) is 18.0 Å². The van der Waals surface area contributed by atoms with Crippen molar-refractivity contribution in [2.45, 2.75) is 38.0 Å². The summed E-state index contributed by atoms with van der Waals surface area (Å²) in [5.74, 6) is 0.504. The van der Waals surface area contributed by atoms with Gasteiger partial charge in [0, 0.05) is 51.4 Å². The van der Waals surface area contributed by atoms with Crippen molar-refractivity contribution >= 4 is 27.6 Å². The largest absolute Gasteiger partial charge is 0.360 e. The molecule has 3 heterocycles. The van der Waals surface area contributed by atoms with Gasteiger partial charge in [0.15, 0.2) is 5.76 Å². The first kappa shape index (κ1) is 24.2. The van der Waals surface area contributed by atoms with Gasteiger partial charge >= 0.3 is 6.03 Å². The fourth-order valence-corrected chi connectivity index (χ4v) is 6.35. The number of sulfonamides is 1. The Morgan fingerprint density at radius 2 is 1.62 bits per heavy atom. The molecule has 2 aliphatic rings. The van der Waals surface area contributed by atoms with Gasteiger partial charge in [0.1, 0.15) is 10.6 Å². The highest BCUT2D eigenvalue weighted by Crippen LogP contribution is 2.29. The fourth-order valence-electron chi connectivity index (χ4n) is 4.58. The number of benzene rings is 1. The number of amides is 3. The Kier molecular flexibility index (Phi) is 7.22. The summed E-state index contributed by atoms with van der Waals surface area (Å²) in [5.41, 5.74) is 1.11. The zero-order valence-electron chi connectivity index (χ0n) is 19.6. The van der Waals surface area contributed by atoms with E-state index >= 15 is 0 Å². The lowest BCUT2D eigenvalue weighted by Gasteiger charge is -2.36. The second-order valence-electron chi connectivity index (χ2n) is 8.87. The Labute approximate surface area is 199 Å². The Morgan fingerprint density at radius 1 is 1.00 bits per heavy atom. The average Bonchev–Trinajstić information content (AvgIpc) is 3.18. The van der Waals surface area contributed by atoms with Gasteiger partial charge in [0.2, 0.25) is 15.9 Å². The molecule has 10 nitrogen and oxygen atoms in total. The average molecular weight is 490 g/mol. The molecule has 0 atom stereocenters. The van der Waals surface area contributed by atoms with Gasteiger partial charge in [-0.1, -0.05) is 23.4 Å². The van der Waals surface area contributed by atoms with Crippen LogP contribution in [0.5, 0.6) is 0 Å². The SMILES string of the molecule is Cc1noc(C)c1S(=O)(=O)N1CCC(CC(=O)N2CCN(C(=O)Nc3ccccc3)CC2)CC1. The van der Waals surface area contributed by atoms with Crippen molar-refractivity contribution in [3.8, 4) is 0 Å². The molecule has 1 N–H and O–H groups in total. The molecule has 1 aromatic carbocycles. The Morgan fingerprint density at radius 3 is 2.21 bits per heavy atom. The summed E-state index contributed by atoms with van der Waals surface area (Å²) in [6.07, 6.45) is 1.66. The summed E-state index contributed by atoms with van der Waals surface area (Å²) < 4.78 is 32.5. The van der Waals surface area contributed by atoms with Crippen molar-refractivity contribution < 1.29 is 22.5 Å². The van der Waals surface area contributed by atoms with Crippen LogP contribution in [-0.2, 0) is 14.8 Å². The molecule has 2 saturated heterocycles. The van der Waals surface area contributed by atoms with Crippen LogP contribution in [0.3, 0.4) is 0 Å². The summed E-state index contributed by atoms with van der Waals surface area (Å²) in [4.78, 5) is 29.0. The van der Waals surface area contributed by atoms with Gasteiger partial charge in [-0.05, 0) is 44.7 Å². The first-order chi connectivity index (χ1) is 16.3. The topological polar surface area (TPSA) is 116 Å². The van der Waals surface area contributed by atoms with Gasteiger partial charge in [0.05, 0.1) is 0 Å². The number of para-hydroxylation sites is 1. The number of hydrogen-bond acceptors (Lipinski definition) is 6. The summed E-state index contributed by atoms with van der Waals surface area (Å²) in [6, 6.07) is 9.13. The van der Waals surface area contributed by atoms with Crippen LogP contribution in [0.2, 0.25) is 0 Å². The first-order valence-electron chi connectivity index (χ1n) is 11.6. The van der Waals surface area contributed by atoms with Crippen LogP contribution < -0.4 is 5.32 Å². The van der Waals surface area contributed by atoms with E-state index in [4.69, 9.17) is 4.52 Å². The molecule has 3 amide bonds.